The van der Waals surface area contributed by atoms with Crippen molar-refractivity contribution in [2.75, 3.05) is 0 Å². The molecule has 0 aromatic carbocycles. The molecule has 0 fully saturated rings. The van der Waals surface area contributed by atoms with Crippen molar-refractivity contribution < 1.29 is 4.57 Å². The molecule has 0 unspecified atom stereocenters. The number of imidazole rings is 1. The summed E-state index contributed by atoms with van der Waals surface area (Å²) in [5.74, 6) is 1.57. The fraction of sp³-hybridized carbons (Fsp3) is 0.903. The third kappa shape index (κ3) is 15.7. The van der Waals surface area contributed by atoms with Crippen molar-refractivity contribution in [3.05, 3.63) is 18.2 Å². The molecular formula is C31H61N2+. The van der Waals surface area contributed by atoms with Gasteiger partial charge in [0.25, 0.3) is 5.82 Å². The van der Waals surface area contributed by atoms with Crippen molar-refractivity contribution >= 4 is 0 Å². The maximum Gasteiger partial charge on any atom is 0.256 e. The van der Waals surface area contributed by atoms with Gasteiger partial charge in [-0.2, -0.15) is 0 Å². The van der Waals surface area contributed by atoms with Gasteiger partial charge in [-0.15, -0.1) is 0 Å². The van der Waals surface area contributed by atoms with E-state index in [1.807, 2.05) is 0 Å². The molecule has 0 saturated carbocycles. The number of aromatic nitrogens is 2. The van der Waals surface area contributed by atoms with Crippen LogP contribution < -0.4 is 4.57 Å². The fourth-order valence-electron chi connectivity index (χ4n) is 5.14. The van der Waals surface area contributed by atoms with E-state index < -0.39 is 0 Å². The molecule has 0 spiro atoms. The van der Waals surface area contributed by atoms with E-state index >= 15 is 0 Å². The zero-order valence-electron chi connectivity index (χ0n) is 23.4. The molecule has 0 atom stereocenters. The van der Waals surface area contributed by atoms with Crippen LogP contribution in [-0.4, -0.2) is 4.57 Å². The molecule has 0 amide bonds. The Morgan fingerprint density at radius 3 is 1.39 bits per heavy atom. The second-order valence-electron chi connectivity index (χ2n) is 10.9. The first-order valence-electron chi connectivity index (χ1n) is 15.3. The summed E-state index contributed by atoms with van der Waals surface area (Å²) < 4.78 is 5.09. The van der Waals surface area contributed by atoms with Gasteiger partial charge < -0.3 is 0 Å². The minimum atomic E-state index is 0.571. The molecule has 0 saturated heterocycles. The van der Waals surface area contributed by atoms with Crippen LogP contribution >= 0.6 is 0 Å². The summed E-state index contributed by atoms with van der Waals surface area (Å²) in [5.41, 5.74) is 0. The highest BCUT2D eigenvalue weighted by Gasteiger charge is 2.18. The molecular weight excluding hydrogens is 400 g/mol. The van der Waals surface area contributed by atoms with Crippen LogP contribution in [0.15, 0.2) is 12.4 Å². The van der Waals surface area contributed by atoms with E-state index in [9.17, 15) is 0 Å². The first-order chi connectivity index (χ1) is 16.2. The van der Waals surface area contributed by atoms with Crippen LogP contribution in [0.4, 0.5) is 0 Å². The molecule has 0 N–H and O–H groups in total. The Labute approximate surface area is 208 Å². The normalized spacial score (nSPS) is 11.7. The predicted molar refractivity (Wildman–Crippen MR) is 147 cm³/mol. The van der Waals surface area contributed by atoms with Gasteiger partial charge in [0.2, 0.25) is 0 Å². The van der Waals surface area contributed by atoms with E-state index in [2.05, 4.69) is 49.2 Å². The average molecular weight is 462 g/mol. The Kier molecular flexibility index (Phi) is 19.9. The number of unbranched alkanes of at least 4 members (excludes halogenated alkanes) is 19. The largest absolute Gasteiger partial charge is 0.256 e. The van der Waals surface area contributed by atoms with Gasteiger partial charge in [0.1, 0.15) is 12.4 Å². The summed E-state index contributed by atoms with van der Waals surface area (Å²) in [6, 6.07) is 0.571. The number of rotatable bonds is 24. The lowest BCUT2D eigenvalue weighted by molar-refractivity contribution is -0.722. The zero-order chi connectivity index (χ0) is 24.0. The molecule has 1 rings (SSSR count). The molecule has 0 radical (unpaired) electrons. The molecule has 2 heteroatoms. The summed E-state index contributed by atoms with van der Waals surface area (Å²) in [6.07, 6.45) is 35.8. The van der Waals surface area contributed by atoms with Crippen LogP contribution in [0.1, 0.15) is 174 Å². The molecule has 0 aliphatic carbocycles. The number of hydrogen-bond acceptors (Lipinski definition) is 0. The lowest BCUT2D eigenvalue weighted by Gasteiger charge is -2.08. The zero-order valence-corrected chi connectivity index (χ0v) is 23.4. The van der Waals surface area contributed by atoms with Crippen LogP contribution in [-0.2, 0) is 13.0 Å². The van der Waals surface area contributed by atoms with Crippen LogP contribution in [0.5, 0.6) is 0 Å². The van der Waals surface area contributed by atoms with Gasteiger partial charge in [-0.25, -0.2) is 9.13 Å². The van der Waals surface area contributed by atoms with E-state index in [1.54, 1.807) is 5.82 Å². The van der Waals surface area contributed by atoms with E-state index in [0.717, 1.165) is 0 Å². The quantitative estimate of drug-likeness (QED) is 0.107. The fourth-order valence-corrected chi connectivity index (χ4v) is 5.14. The molecule has 0 bridgehead atoms. The Morgan fingerprint density at radius 1 is 0.576 bits per heavy atom. The molecule has 1 aromatic rings. The Balaban J connectivity index is 2.16. The second-order valence-corrected chi connectivity index (χ2v) is 10.9. The van der Waals surface area contributed by atoms with Crippen molar-refractivity contribution in [3.63, 3.8) is 0 Å². The highest BCUT2D eigenvalue weighted by molar-refractivity contribution is 4.85. The molecule has 0 aliphatic rings. The van der Waals surface area contributed by atoms with Gasteiger partial charge in [-0.05, 0) is 33.1 Å². The van der Waals surface area contributed by atoms with Gasteiger partial charge in [0.05, 0.1) is 12.6 Å². The van der Waals surface area contributed by atoms with E-state index in [-0.39, 0.29) is 0 Å². The standard InChI is InChI=1S/C31H61N2/c1-5-7-9-11-13-15-17-19-21-23-25-27-32-28-29-33(30(3)4)31(32)26-24-22-20-18-16-14-12-10-8-6-2/h28-30H,5-27H2,1-4H3/q+1. The van der Waals surface area contributed by atoms with E-state index in [0.29, 0.717) is 6.04 Å². The van der Waals surface area contributed by atoms with E-state index in [4.69, 9.17) is 0 Å². The minimum Gasteiger partial charge on any atom is -0.234 e. The summed E-state index contributed by atoms with van der Waals surface area (Å²) in [7, 11) is 0. The van der Waals surface area contributed by atoms with Gasteiger partial charge in [0, 0.05) is 6.42 Å². The number of aryl methyl sites for hydroxylation is 1. The summed E-state index contributed by atoms with van der Waals surface area (Å²) in [6.45, 7) is 10.5. The van der Waals surface area contributed by atoms with Crippen LogP contribution in [0.3, 0.4) is 0 Å². The van der Waals surface area contributed by atoms with Gasteiger partial charge in [-0.1, -0.05) is 129 Å². The molecule has 33 heavy (non-hydrogen) atoms. The smallest absolute Gasteiger partial charge is 0.234 e. The van der Waals surface area contributed by atoms with Crippen molar-refractivity contribution in [1.82, 2.24) is 4.57 Å². The highest BCUT2D eigenvalue weighted by atomic mass is 15.2. The minimum absolute atomic E-state index is 0.571. The van der Waals surface area contributed by atoms with Gasteiger partial charge in [0.15, 0.2) is 0 Å². The van der Waals surface area contributed by atoms with Crippen molar-refractivity contribution in [3.8, 4) is 0 Å². The summed E-state index contributed by atoms with van der Waals surface area (Å²) in [5, 5.41) is 0. The maximum atomic E-state index is 2.57. The van der Waals surface area contributed by atoms with Gasteiger partial charge >= 0.3 is 0 Å². The monoisotopic (exact) mass is 461 g/mol. The highest BCUT2D eigenvalue weighted by Crippen LogP contribution is 2.14. The Morgan fingerprint density at radius 2 is 0.970 bits per heavy atom. The molecule has 194 valence electrons. The lowest BCUT2D eigenvalue weighted by Crippen LogP contribution is -2.39. The average Bonchev–Trinajstić information content (AvgIpc) is 3.21. The predicted octanol–water partition coefficient (Wildman–Crippen LogP) is 10.1. The summed E-state index contributed by atoms with van der Waals surface area (Å²) in [4.78, 5) is 0. The van der Waals surface area contributed by atoms with Crippen molar-refractivity contribution in [2.24, 2.45) is 0 Å². The van der Waals surface area contributed by atoms with Crippen molar-refractivity contribution in [2.45, 2.75) is 182 Å². The number of nitrogens with zero attached hydrogens (tertiary/aromatic N) is 2. The molecule has 1 heterocycles. The third-order valence-electron chi connectivity index (χ3n) is 7.35. The molecule has 2 nitrogen and oxygen atoms in total. The molecule has 0 aliphatic heterocycles. The topological polar surface area (TPSA) is 8.81 Å². The van der Waals surface area contributed by atoms with Crippen LogP contribution in [0.2, 0.25) is 0 Å². The SMILES string of the molecule is CCCCCCCCCCCCCn1cc[n+](C(C)C)c1CCCCCCCCCCCC. The Bertz CT molecular complexity index is 531. The van der Waals surface area contributed by atoms with Crippen molar-refractivity contribution in [1.29, 1.82) is 0 Å². The Hall–Kier alpha value is -0.790. The second kappa shape index (κ2) is 21.7. The van der Waals surface area contributed by atoms with Gasteiger partial charge in [-0.3, -0.25) is 0 Å². The lowest BCUT2D eigenvalue weighted by atomic mass is 10.1. The summed E-state index contributed by atoms with van der Waals surface area (Å²) >= 11 is 0. The van der Waals surface area contributed by atoms with Crippen LogP contribution in [0, 0.1) is 0 Å². The first kappa shape index (κ1) is 30.2. The maximum absolute atomic E-state index is 2.57. The first-order valence-corrected chi connectivity index (χ1v) is 15.3. The number of hydrogen-bond donors (Lipinski definition) is 0. The van der Waals surface area contributed by atoms with Crippen LogP contribution in [0.25, 0.3) is 0 Å². The van der Waals surface area contributed by atoms with E-state index in [1.165, 1.54) is 148 Å². The third-order valence-corrected chi connectivity index (χ3v) is 7.35. The molecule has 1 aromatic heterocycles.